The first-order valence-corrected chi connectivity index (χ1v) is 7.37. The van der Waals surface area contributed by atoms with Gasteiger partial charge >= 0.3 is 5.97 Å². The SMILES string of the molecule is Cc1cc(NC2C3CCC(C3)C2C(=O)O)ccc1C(N)=O. The molecular weight excluding hydrogens is 268 g/mol. The van der Waals surface area contributed by atoms with Gasteiger partial charge in [-0.2, -0.15) is 0 Å². The van der Waals surface area contributed by atoms with Gasteiger partial charge in [0, 0.05) is 17.3 Å². The van der Waals surface area contributed by atoms with Crippen molar-refractivity contribution in [3.05, 3.63) is 29.3 Å². The van der Waals surface area contributed by atoms with E-state index in [9.17, 15) is 14.7 Å². The summed E-state index contributed by atoms with van der Waals surface area (Å²) in [6, 6.07) is 5.35. The molecule has 5 nitrogen and oxygen atoms in total. The number of nitrogens with two attached hydrogens (primary N) is 1. The number of carbonyl (C=O) groups excluding carboxylic acids is 1. The van der Waals surface area contributed by atoms with E-state index in [4.69, 9.17) is 5.73 Å². The molecule has 2 aliphatic rings. The van der Waals surface area contributed by atoms with E-state index in [1.54, 1.807) is 12.1 Å². The van der Waals surface area contributed by atoms with E-state index in [-0.39, 0.29) is 12.0 Å². The van der Waals surface area contributed by atoms with E-state index in [1.807, 2.05) is 13.0 Å². The molecule has 1 aromatic rings. The zero-order valence-corrected chi connectivity index (χ0v) is 12.0. The van der Waals surface area contributed by atoms with Crippen LogP contribution in [0.15, 0.2) is 18.2 Å². The quantitative estimate of drug-likeness (QED) is 0.790. The first kappa shape index (κ1) is 13.9. The van der Waals surface area contributed by atoms with Gasteiger partial charge in [-0.1, -0.05) is 0 Å². The molecule has 1 aromatic carbocycles. The van der Waals surface area contributed by atoms with Crippen LogP contribution in [-0.4, -0.2) is 23.0 Å². The maximum atomic E-state index is 11.5. The largest absolute Gasteiger partial charge is 0.481 e. The van der Waals surface area contributed by atoms with Crippen LogP contribution in [0.3, 0.4) is 0 Å². The second-order valence-corrected chi connectivity index (χ2v) is 6.26. The third kappa shape index (κ3) is 2.37. The number of aliphatic carboxylic acids is 1. The number of carbonyl (C=O) groups is 2. The van der Waals surface area contributed by atoms with Gasteiger partial charge in [-0.25, -0.2) is 0 Å². The highest BCUT2D eigenvalue weighted by atomic mass is 16.4. The third-order valence-electron chi connectivity index (χ3n) is 5.03. The van der Waals surface area contributed by atoms with Crippen LogP contribution in [0.4, 0.5) is 5.69 Å². The van der Waals surface area contributed by atoms with Gasteiger partial charge in [0.2, 0.25) is 5.91 Å². The molecule has 1 amide bonds. The summed E-state index contributed by atoms with van der Waals surface area (Å²) in [7, 11) is 0. The smallest absolute Gasteiger partial charge is 0.308 e. The molecule has 112 valence electrons. The van der Waals surface area contributed by atoms with E-state index in [0.717, 1.165) is 30.5 Å². The molecule has 0 spiro atoms. The number of carboxylic acids is 1. The molecular formula is C16H20N2O3. The van der Waals surface area contributed by atoms with E-state index in [1.165, 1.54) is 0 Å². The summed E-state index contributed by atoms with van der Waals surface area (Å²) in [5.74, 6) is -0.712. The van der Waals surface area contributed by atoms with Crippen molar-refractivity contribution in [2.75, 3.05) is 5.32 Å². The predicted octanol–water partition coefficient (Wildman–Crippen LogP) is 2.01. The Bertz CT molecular complexity index is 599. The van der Waals surface area contributed by atoms with Gasteiger partial charge in [-0.15, -0.1) is 0 Å². The lowest BCUT2D eigenvalue weighted by Crippen LogP contribution is -2.39. The molecule has 4 N–H and O–H groups in total. The lowest BCUT2D eigenvalue weighted by atomic mass is 9.84. The average Bonchev–Trinajstić information content (AvgIpc) is 2.98. The molecule has 21 heavy (non-hydrogen) atoms. The highest BCUT2D eigenvalue weighted by Crippen LogP contribution is 2.49. The van der Waals surface area contributed by atoms with Gasteiger partial charge in [0.25, 0.3) is 0 Å². The van der Waals surface area contributed by atoms with Crippen LogP contribution in [0.2, 0.25) is 0 Å². The van der Waals surface area contributed by atoms with Crippen molar-refractivity contribution in [3.8, 4) is 0 Å². The molecule has 0 heterocycles. The number of hydrogen-bond acceptors (Lipinski definition) is 3. The van der Waals surface area contributed by atoms with Crippen LogP contribution in [-0.2, 0) is 4.79 Å². The Morgan fingerprint density at radius 3 is 2.62 bits per heavy atom. The van der Waals surface area contributed by atoms with Crippen molar-refractivity contribution >= 4 is 17.6 Å². The molecule has 0 aromatic heterocycles. The minimum Gasteiger partial charge on any atom is -0.481 e. The van der Waals surface area contributed by atoms with Gasteiger partial charge in [-0.05, 0) is 61.8 Å². The minimum atomic E-state index is -0.704. The normalized spacial score (nSPS) is 30.3. The second kappa shape index (κ2) is 5.06. The Morgan fingerprint density at radius 2 is 2.00 bits per heavy atom. The topological polar surface area (TPSA) is 92.4 Å². The Hall–Kier alpha value is -2.04. The third-order valence-corrected chi connectivity index (χ3v) is 5.03. The number of rotatable bonds is 4. The lowest BCUT2D eigenvalue weighted by molar-refractivity contribution is -0.143. The molecule has 0 aliphatic heterocycles. The summed E-state index contributed by atoms with van der Waals surface area (Å²) < 4.78 is 0. The number of fused-ring (bicyclic) bond motifs is 2. The molecule has 3 rings (SSSR count). The fourth-order valence-electron chi connectivity index (χ4n) is 4.08. The van der Waals surface area contributed by atoms with Gasteiger partial charge in [-0.3, -0.25) is 9.59 Å². The zero-order valence-electron chi connectivity index (χ0n) is 12.0. The van der Waals surface area contributed by atoms with E-state index < -0.39 is 11.9 Å². The second-order valence-electron chi connectivity index (χ2n) is 6.26. The Morgan fingerprint density at radius 1 is 1.29 bits per heavy atom. The molecule has 4 atom stereocenters. The van der Waals surface area contributed by atoms with Crippen molar-refractivity contribution in [2.45, 2.75) is 32.2 Å². The molecule has 4 unspecified atom stereocenters. The highest BCUT2D eigenvalue weighted by Gasteiger charge is 2.51. The van der Waals surface area contributed by atoms with E-state index in [2.05, 4.69) is 5.32 Å². The zero-order chi connectivity index (χ0) is 15.1. The van der Waals surface area contributed by atoms with Crippen LogP contribution >= 0.6 is 0 Å². The Balaban J connectivity index is 1.81. The van der Waals surface area contributed by atoms with Crippen LogP contribution in [0, 0.1) is 24.7 Å². The number of nitrogens with one attached hydrogen (secondary N) is 1. The fourth-order valence-corrected chi connectivity index (χ4v) is 4.08. The monoisotopic (exact) mass is 288 g/mol. The van der Waals surface area contributed by atoms with Crippen LogP contribution in [0.25, 0.3) is 0 Å². The summed E-state index contributed by atoms with van der Waals surface area (Å²) in [6.45, 7) is 1.83. The summed E-state index contributed by atoms with van der Waals surface area (Å²) >= 11 is 0. The number of benzene rings is 1. The number of anilines is 1. The first-order valence-electron chi connectivity index (χ1n) is 7.37. The summed E-state index contributed by atoms with van der Waals surface area (Å²) in [5.41, 5.74) is 7.48. The van der Waals surface area contributed by atoms with Crippen molar-refractivity contribution in [1.82, 2.24) is 0 Å². The Kier molecular flexibility index (Phi) is 3.35. The molecule has 5 heteroatoms. The van der Waals surface area contributed by atoms with Crippen LogP contribution < -0.4 is 11.1 Å². The number of primary amides is 1. The standard InChI is InChI=1S/C16H20N2O3/c1-8-6-11(4-5-12(8)15(17)19)18-14-10-3-2-9(7-10)13(14)16(20)21/h4-6,9-10,13-14,18H,2-3,7H2,1H3,(H2,17,19)(H,20,21). The number of amides is 1. The molecule has 2 aliphatic carbocycles. The molecule has 2 saturated carbocycles. The van der Waals surface area contributed by atoms with Gasteiger partial charge in [0.1, 0.15) is 0 Å². The van der Waals surface area contributed by atoms with Crippen LogP contribution in [0.1, 0.15) is 35.2 Å². The molecule has 2 bridgehead atoms. The van der Waals surface area contributed by atoms with Gasteiger partial charge < -0.3 is 16.2 Å². The average molecular weight is 288 g/mol. The van der Waals surface area contributed by atoms with Crippen molar-refractivity contribution in [3.63, 3.8) is 0 Å². The number of aryl methyl sites for hydroxylation is 1. The van der Waals surface area contributed by atoms with Gasteiger partial charge in [0.15, 0.2) is 0 Å². The van der Waals surface area contributed by atoms with Crippen LogP contribution in [0.5, 0.6) is 0 Å². The summed E-state index contributed by atoms with van der Waals surface area (Å²) in [4.78, 5) is 22.7. The van der Waals surface area contributed by atoms with Gasteiger partial charge in [0.05, 0.1) is 5.92 Å². The maximum Gasteiger partial charge on any atom is 0.308 e. The van der Waals surface area contributed by atoms with Crippen molar-refractivity contribution in [2.24, 2.45) is 23.5 Å². The van der Waals surface area contributed by atoms with Crippen molar-refractivity contribution < 1.29 is 14.7 Å². The number of carboxylic acid groups (broad SMARTS) is 1. The molecule has 0 saturated heterocycles. The maximum absolute atomic E-state index is 11.5. The lowest BCUT2D eigenvalue weighted by Gasteiger charge is -2.30. The fraction of sp³-hybridized carbons (Fsp3) is 0.500. The highest BCUT2D eigenvalue weighted by molar-refractivity contribution is 5.94. The Labute approximate surface area is 123 Å². The molecule has 0 radical (unpaired) electrons. The minimum absolute atomic E-state index is 0.0138. The summed E-state index contributed by atoms with van der Waals surface area (Å²) in [5, 5.41) is 12.8. The molecule has 2 fully saturated rings. The van der Waals surface area contributed by atoms with Crippen molar-refractivity contribution in [1.29, 1.82) is 0 Å². The summed E-state index contributed by atoms with van der Waals surface area (Å²) in [6.07, 6.45) is 3.14. The van der Waals surface area contributed by atoms with E-state index in [0.29, 0.717) is 17.4 Å². The number of hydrogen-bond donors (Lipinski definition) is 3. The van der Waals surface area contributed by atoms with E-state index >= 15 is 0 Å². The predicted molar refractivity (Wildman–Crippen MR) is 79.1 cm³/mol. The first-order chi connectivity index (χ1) is 9.97.